The maximum atomic E-state index is 11.7. The van der Waals surface area contributed by atoms with Crippen LogP contribution in [0.5, 0.6) is 0 Å². The zero-order chi connectivity index (χ0) is 27.2. The van der Waals surface area contributed by atoms with Gasteiger partial charge in [-0.25, -0.2) is 0 Å². The van der Waals surface area contributed by atoms with Gasteiger partial charge in [0.15, 0.2) is 11.7 Å². The van der Waals surface area contributed by atoms with E-state index in [9.17, 15) is 14.4 Å². The van der Waals surface area contributed by atoms with E-state index >= 15 is 0 Å². The Morgan fingerprint density at radius 2 is 1.81 bits per heavy atom. The summed E-state index contributed by atoms with van der Waals surface area (Å²) in [6.07, 6.45) is 9.99. The molecule has 1 rings (SSSR count). The van der Waals surface area contributed by atoms with Crippen molar-refractivity contribution in [2.24, 2.45) is 17.6 Å². The molecule has 1 saturated carbocycles. The number of guanidine groups is 1. The van der Waals surface area contributed by atoms with Crippen molar-refractivity contribution >= 4 is 23.7 Å². The van der Waals surface area contributed by atoms with Gasteiger partial charge in [-0.05, 0) is 52.9 Å². The lowest BCUT2D eigenvalue weighted by atomic mass is 10.1. The number of unbranched alkanes of at least 4 members (excludes halogenated alkanes) is 4. The summed E-state index contributed by atoms with van der Waals surface area (Å²) in [4.78, 5) is 35.0. The van der Waals surface area contributed by atoms with Crippen LogP contribution in [-0.2, 0) is 23.9 Å². The topological polar surface area (TPSA) is 123 Å². The molecule has 0 aromatic rings. The fourth-order valence-corrected chi connectivity index (χ4v) is 2.75. The van der Waals surface area contributed by atoms with Gasteiger partial charge in [0.2, 0.25) is 0 Å². The first-order chi connectivity index (χ1) is 16.2. The number of hydrogen-bond acceptors (Lipinski definition) is 6. The minimum atomic E-state index is -2.62. The predicted molar refractivity (Wildman–Crippen MR) is 126 cm³/mol. The van der Waals surface area contributed by atoms with Crippen molar-refractivity contribution in [1.29, 1.82) is 5.41 Å². The summed E-state index contributed by atoms with van der Waals surface area (Å²) in [6.45, 7) is 9.67. The van der Waals surface area contributed by atoms with E-state index in [0.717, 1.165) is 32.1 Å². The SMILES string of the molecule is C=CCCCCCC1C(=O)C1C(=O)OC(C)(C)C.[2H]C([2H])([2H])N(CC(=O)OCCCC=C)C(=N)N. The molecule has 0 spiro atoms. The maximum absolute atomic E-state index is 11.7. The normalized spacial score (nSPS) is 18.6. The third kappa shape index (κ3) is 13.6. The molecule has 0 heterocycles. The number of nitrogens with zero attached hydrogens (tertiary/aromatic N) is 1. The van der Waals surface area contributed by atoms with Crippen LogP contribution in [0.25, 0.3) is 0 Å². The Kier molecular flexibility index (Phi) is 11.4. The molecule has 3 N–H and O–H groups in total. The Morgan fingerprint density at radius 3 is 2.34 bits per heavy atom. The molecule has 1 aliphatic carbocycles. The number of likely N-dealkylation sites (N-methyl/N-ethyl adjacent to an activating group) is 1. The summed E-state index contributed by atoms with van der Waals surface area (Å²) < 4.78 is 31.2. The Hall–Kier alpha value is -2.64. The van der Waals surface area contributed by atoms with Crippen LogP contribution in [-0.4, -0.2) is 54.3 Å². The number of ether oxygens (including phenoxy) is 2. The van der Waals surface area contributed by atoms with Crippen molar-refractivity contribution in [2.45, 2.75) is 71.3 Å². The van der Waals surface area contributed by atoms with Gasteiger partial charge in [-0.3, -0.25) is 19.8 Å². The molecular weight excluding hydrogens is 410 g/mol. The molecule has 1 fully saturated rings. The lowest BCUT2D eigenvalue weighted by Gasteiger charge is -2.19. The van der Waals surface area contributed by atoms with Gasteiger partial charge in [0.1, 0.15) is 18.1 Å². The average molecular weight is 455 g/mol. The first kappa shape index (κ1) is 24.0. The van der Waals surface area contributed by atoms with Crippen molar-refractivity contribution in [3.8, 4) is 0 Å². The highest BCUT2D eigenvalue weighted by molar-refractivity contribution is 6.14. The highest BCUT2D eigenvalue weighted by atomic mass is 16.6. The summed E-state index contributed by atoms with van der Waals surface area (Å²) in [5.41, 5.74) is 4.57. The van der Waals surface area contributed by atoms with Crippen LogP contribution in [0.1, 0.15) is 69.8 Å². The number of nitrogens with two attached hydrogens (primary N) is 1. The molecule has 0 radical (unpaired) electrons. The van der Waals surface area contributed by atoms with Gasteiger partial charge in [0.05, 0.1) is 6.61 Å². The smallest absolute Gasteiger partial charge is 0.325 e. The number of Topliss-reactive ketones (excluding diaryl/α,β-unsaturated/α-hetero) is 1. The van der Waals surface area contributed by atoms with Crippen LogP contribution < -0.4 is 5.73 Å². The van der Waals surface area contributed by atoms with Crippen molar-refractivity contribution in [2.75, 3.05) is 20.1 Å². The number of carbonyl (C=O) groups excluding carboxylic acids is 3. The second kappa shape index (κ2) is 15.2. The first-order valence-electron chi connectivity index (χ1n) is 12.4. The van der Waals surface area contributed by atoms with E-state index in [2.05, 4.69) is 13.2 Å². The van der Waals surface area contributed by atoms with E-state index < -0.39 is 37.0 Å². The summed E-state index contributed by atoms with van der Waals surface area (Å²) in [6, 6.07) is 0. The van der Waals surface area contributed by atoms with E-state index in [-0.39, 0.29) is 24.3 Å². The molecule has 0 bridgehead atoms. The Morgan fingerprint density at radius 1 is 1.19 bits per heavy atom. The van der Waals surface area contributed by atoms with E-state index in [1.54, 1.807) is 6.08 Å². The number of nitrogens with one attached hydrogen (secondary N) is 1. The quantitative estimate of drug-likeness (QED) is 0.109. The van der Waals surface area contributed by atoms with Crippen LogP contribution in [0.4, 0.5) is 0 Å². The number of esters is 2. The van der Waals surface area contributed by atoms with Gasteiger partial charge in [0, 0.05) is 17.0 Å². The summed E-state index contributed by atoms with van der Waals surface area (Å²) in [7, 11) is 0. The number of carbonyl (C=O) groups is 3. The predicted octanol–water partition coefficient (Wildman–Crippen LogP) is 3.60. The van der Waals surface area contributed by atoms with Crippen LogP contribution in [0.2, 0.25) is 0 Å². The summed E-state index contributed by atoms with van der Waals surface area (Å²) >= 11 is 0. The van der Waals surface area contributed by atoms with E-state index in [4.69, 9.17) is 24.7 Å². The van der Waals surface area contributed by atoms with E-state index in [0.29, 0.717) is 17.7 Å². The number of allylic oxidation sites excluding steroid dienone is 2. The molecule has 2 unspecified atom stereocenters. The zero-order valence-corrected chi connectivity index (χ0v) is 19.7. The molecule has 0 aromatic heterocycles. The molecule has 0 aromatic carbocycles. The lowest BCUT2D eigenvalue weighted by Crippen LogP contribution is -2.37. The minimum absolute atomic E-state index is 0.0629. The molecule has 0 amide bonds. The van der Waals surface area contributed by atoms with Gasteiger partial charge >= 0.3 is 11.9 Å². The molecule has 8 nitrogen and oxygen atoms in total. The Balaban J connectivity index is 0.000000662. The van der Waals surface area contributed by atoms with Crippen LogP contribution in [0.3, 0.4) is 0 Å². The first-order valence-corrected chi connectivity index (χ1v) is 10.9. The third-order valence-electron chi connectivity index (χ3n) is 4.44. The highest BCUT2D eigenvalue weighted by Crippen LogP contribution is 2.39. The molecule has 32 heavy (non-hydrogen) atoms. The van der Waals surface area contributed by atoms with Gasteiger partial charge in [-0.2, -0.15) is 0 Å². The van der Waals surface area contributed by atoms with Crippen molar-refractivity contribution < 1.29 is 28.0 Å². The highest BCUT2D eigenvalue weighted by Gasteiger charge is 2.55. The van der Waals surface area contributed by atoms with Crippen molar-refractivity contribution in [3.05, 3.63) is 25.3 Å². The maximum Gasteiger partial charge on any atom is 0.325 e. The van der Waals surface area contributed by atoms with Crippen molar-refractivity contribution in [1.82, 2.24) is 4.90 Å². The molecule has 8 heteroatoms. The number of hydrogen-bond donors (Lipinski definition) is 2. The second-order valence-corrected chi connectivity index (χ2v) is 8.57. The standard InChI is InChI=1S/C15H24O3.C9H17N3O2/c1-5-6-7-8-9-10-11-12(13(11)16)14(17)18-15(2,3)4;1-3-4-5-6-14-8(13)7-12(2)9(10)11/h5,11-12H,1,6-10H2,2-4H3;3H,1,4-7H2,2H3,(H3,10,11)/i;2D3. The Labute approximate surface area is 196 Å². The van der Waals surface area contributed by atoms with Crippen molar-refractivity contribution in [3.63, 3.8) is 0 Å². The number of ketones is 1. The van der Waals surface area contributed by atoms with E-state index in [1.165, 1.54) is 0 Å². The molecule has 2 atom stereocenters. The molecule has 0 saturated heterocycles. The largest absolute Gasteiger partial charge is 0.464 e. The van der Waals surface area contributed by atoms with Gasteiger partial charge < -0.3 is 20.1 Å². The lowest BCUT2D eigenvalue weighted by molar-refractivity contribution is -0.157. The van der Waals surface area contributed by atoms with Crippen LogP contribution >= 0.6 is 0 Å². The average Bonchev–Trinajstić information content (AvgIpc) is 3.37. The second-order valence-electron chi connectivity index (χ2n) is 8.57. The molecule has 0 aliphatic heterocycles. The fourth-order valence-electron chi connectivity index (χ4n) is 2.75. The minimum Gasteiger partial charge on any atom is -0.464 e. The molecule has 1 aliphatic rings. The fraction of sp³-hybridized carbons (Fsp3) is 0.667. The van der Waals surface area contributed by atoms with Gasteiger partial charge in [0.25, 0.3) is 0 Å². The van der Waals surface area contributed by atoms with Gasteiger partial charge in [-0.1, -0.05) is 25.0 Å². The van der Waals surface area contributed by atoms with Crippen LogP contribution in [0, 0.1) is 17.2 Å². The summed E-state index contributed by atoms with van der Waals surface area (Å²) in [5.74, 6) is -2.25. The molecular formula is C24H41N3O5. The van der Waals surface area contributed by atoms with Crippen LogP contribution in [0.15, 0.2) is 25.3 Å². The zero-order valence-electron chi connectivity index (χ0n) is 22.7. The third-order valence-corrected chi connectivity index (χ3v) is 4.44. The monoisotopic (exact) mass is 454 g/mol. The summed E-state index contributed by atoms with van der Waals surface area (Å²) in [5, 5.41) is 7.07. The molecule has 182 valence electrons. The van der Waals surface area contributed by atoms with Gasteiger partial charge in [-0.15, -0.1) is 13.2 Å². The van der Waals surface area contributed by atoms with E-state index in [1.807, 2.05) is 26.8 Å². The Bertz CT molecular complexity index is 748. The number of rotatable bonds is 13.